The van der Waals surface area contributed by atoms with Crippen molar-refractivity contribution in [3.8, 4) is 0 Å². The van der Waals surface area contributed by atoms with Crippen molar-refractivity contribution in [3.63, 3.8) is 0 Å². The molecule has 0 saturated carbocycles. The molecule has 1 saturated heterocycles. The molecule has 14 heavy (non-hydrogen) atoms. The summed E-state index contributed by atoms with van der Waals surface area (Å²) in [5.74, 6) is 0. The molecule has 0 aliphatic carbocycles. The van der Waals surface area contributed by atoms with Crippen LogP contribution in [0.4, 0.5) is 0 Å². The predicted molar refractivity (Wildman–Crippen MR) is 54.3 cm³/mol. The first-order valence-electron chi connectivity index (χ1n) is 5.22. The van der Waals surface area contributed by atoms with E-state index in [0.717, 1.165) is 19.1 Å². The molecule has 0 spiro atoms. The Morgan fingerprint density at radius 3 is 2.21 bits per heavy atom. The van der Waals surface area contributed by atoms with E-state index in [2.05, 4.69) is 0 Å². The third-order valence-corrected chi connectivity index (χ3v) is 2.41. The summed E-state index contributed by atoms with van der Waals surface area (Å²) in [6.07, 6.45) is 3.22. The Hall–Kier alpha value is -0.410. The van der Waals surface area contributed by atoms with Gasteiger partial charge in [0.25, 0.3) is 0 Å². The molecule has 0 N–H and O–H groups in total. The molecule has 3 heteroatoms. The van der Waals surface area contributed by atoms with E-state index in [4.69, 9.17) is 9.47 Å². The topological polar surface area (TPSA) is 35.5 Å². The van der Waals surface area contributed by atoms with E-state index in [1.54, 1.807) is 13.8 Å². The third kappa shape index (κ3) is 3.39. The zero-order chi connectivity index (χ0) is 10.8. The largest absolute Gasteiger partial charge is 0.375 e. The van der Waals surface area contributed by atoms with Crippen LogP contribution in [0, 0.1) is 0 Å². The molecule has 82 valence electrons. The maximum Gasteiger partial charge on any atom is 0.151 e. The summed E-state index contributed by atoms with van der Waals surface area (Å²) in [6, 6.07) is 0. The SMILES string of the molecule is CC1CC(OC(C)(C)C=O)CC(C)O1. The molecule has 3 nitrogen and oxygen atoms in total. The fourth-order valence-electron chi connectivity index (χ4n) is 1.90. The van der Waals surface area contributed by atoms with Gasteiger partial charge < -0.3 is 14.3 Å². The summed E-state index contributed by atoms with van der Waals surface area (Å²) >= 11 is 0. The van der Waals surface area contributed by atoms with Gasteiger partial charge in [0.1, 0.15) is 5.60 Å². The number of ether oxygens (including phenoxy) is 2. The Morgan fingerprint density at radius 1 is 1.29 bits per heavy atom. The van der Waals surface area contributed by atoms with Gasteiger partial charge in [0.05, 0.1) is 18.3 Å². The monoisotopic (exact) mass is 200 g/mol. The van der Waals surface area contributed by atoms with Crippen LogP contribution in [0.15, 0.2) is 0 Å². The van der Waals surface area contributed by atoms with E-state index in [1.807, 2.05) is 13.8 Å². The van der Waals surface area contributed by atoms with Gasteiger partial charge in [0.2, 0.25) is 0 Å². The van der Waals surface area contributed by atoms with Crippen molar-refractivity contribution < 1.29 is 14.3 Å². The molecular formula is C11H20O3. The van der Waals surface area contributed by atoms with Crippen molar-refractivity contribution >= 4 is 6.29 Å². The molecule has 0 aromatic carbocycles. The molecule has 1 aliphatic rings. The highest BCUT2D eigenvalue weighted by Gasteiger charge is 2.30. The van der Waals surface area contributed by atoms with Crippen molar-refractivity contribution in [2.75, 3.05) is 0 Å². The molecule has 1 fully saturated rings. The van der Waals surface area contributed by atoms with Gasteiger partial charge in [-0.3, -0.25) is 0 Å². The van der Waals surface area contributed by atoms with Crippen LogP contribution in [0.3, 0.4) is 0 Å². The Morgan fingerprint density at radius 2 is 1.79 bits per heavy atom. The smallest absolute Gasteiger partial charge is 0.151 e. The number of rotatable bonds is 3. The van der Waals surface area contributed by atoms with Crippen molar-refractivity contribution in [2.45, 2.75) is 64.4 Å². The van der Waals surface area contributed by atoms with E-state index in [1.165, 1.54) is 0 Å². The van der Waals surface area contributed by atoms with E-state index in [9.17, 15) is 4.79 Å². The van der Waals surface area contributed by atoms with Gasteiger partial charge in [-0.2, -0.15) is 0 Å². The van der Waals surface area contributed by atoms with E-state index >= 15 is 0 Å². The van der Waals surface area contributed by atoms with Crippen LogP contribution in [0.2, 0.25) is 0 Å². The zero-order valence-electron chi connectivity index (χ0n) is 9.45. The molecule has 0 amide bonds. The highest BCUT2D eigenvalue weighted by molar-refractivity contribution is 5.60. The number of carbonyl (C=O) groups is 1. The van der Waals surface area contributed by atoms with Gasteiger partial charge in [-0.15, -0.1) is 0 Å². The molecule has 0 bridgehead atoms. The zero-order valence-corrected chi connectivity index (χ0v) is 9.45. The summed E-state index contributed by atoms with van der Waals surface area (Å²) in [4.78, 5) is 10.7. The van der Waals surface area contributed by atoms with Gasteiger partial charge in [-0.1, -0.05) is 0 Å². The average Bonchev–Trinajstić information content (AvgIpc) is 2.01. The minimum absolute atomic E-state index is 0.147. The molecule has 2 unspecified atom stereocenters. The molecule has 0 aromatic heterocycles. The number of aldehydes is 1. The lowest BCUT2D eigenvalue weighted by atomic mass is 10.0. The Balaban J connectivity index is 2.48. The maximum atomic E-state index is 10.7. The minimum atomic E-state index is -0.665. The lowest BCUT2D eigenvalue weighted by Crippen LogP contribution is -2.40. The molecule has 1 heterocycles. The molecule has 1 aliphatic heterocycles. The predicted octanol–water partition coefficient (Wildman–Crippen LogP) is 1.94. The second kappa shape index (κ2) is 4.41. The van der Waals surface area contributed by atoms with Crippen LogP contribution >= 0.6 is 0 Å². The lowest BCUT2D eigenvalue weighted by Gasteiger charge is -2.35. The van der Waals surface area contributed by atoms with Gasteiger partial charge in [0, 0.05) is 0 Å². The molecule has 2 atom stereocenters. The Kier molecular flexibility index (Phi) is 3.67. The molecular weight excluding hydrogens is 180 g/mol. The number of hydrogen-bond donors (Lipinski definition) is 0. The van der Waals surface area contributed by atoms with E-state index < -0.39 is 5.60 Å². The number of hydrogen-bond acceptors (Lipinski definition) is 3. The van der Waals surface area contributed by atoms with Crippen LogP contribution in [-0.4, -0.2) is 30.2 Å². The highest BCUT2D eigenvalue weighted by Crippen LogP contribution is 2.24. The quantitative estimate of drug-likeness (QED) is 0.653. The first-order valence-corrected chi connectivity index (χ1v) is 5.22. The van der Waals surface area contributed by atoms with Gasteiger partial charge >= 0.3 is 0 Å². The van der Waals surface area contributed by atoms with Gasteiger partial charge in [-0.25, -0.2) is 0 Å². The van der Waals surface area contributed by atoms with Crippen LogP contribution in [0.5, 0.6) is 0 Å². The van der Waals surface area contributed by atoms with Crippen molar-refractivity contribution in [3.05, 3.63) is 0 Å². The summed E-state index contributed by atoms with van der Waals surface area (Å²) in [7, 11) is 0. The van der Waals surface area contributed by atoms with E-state index in [-0.39, 0.29) is 18.3 Å². The van der Waals surface area contributed by atoms with Crippen molar-refractivity contribution in [1.29, 1.82) is 0 Å². The lowest BCUT2D eigenvalue weighted by molar-refractivity contribution is -0.156. The Labute approximate surface area is 85.8 Å². The number of carbonyl (C=O) groups excluding carboxylic acids is 1. The highest BCUT2D eigenvalue weighted by atomic mass is 16.5. The maximum absolute atomic E-state index is 10.7. The van der Waals surface area contributed by atoms with Crippen LogP contribution in [-0.2, 0) is 14.3 Å². The fourth-order valence-corrected chi connectivity index (χ4v) is 1.90. The first-order chi connectivity index (χ1) is 6.43. The standard InChI is InChI=1S/C11H20O3/c1-8-5-10(6-9(2)13-8)14-11(3,4)7-12/h7-10H,5-6H2,1-4H3. The van der Waals surface area contributed by atoms with Crippen molar-refractivity contribution in [2.24, 2.45) is 0 Å². The fraction of sp³-hybridized carbons (Fsp3) is 0.909. The first kappa shape index (κ1) is 11.7. The second-order valence-corrected chi connectivity index (χ2v) is 4.69. The molecule has 0 aromatic rings. The summed E-state index contributed by atoms with van der Waals surface area (Å²) < 4.78 is 11.3. The molecule has 0 radical (unpaired) electrons. The minimum Gasteiger partial charge on any atom is -0.375 e. The van der Waals surface area contributed by atoms with E-state index in [0.29, 0.717) is 0 Å². The van der Waals surface area contributed by atoms with Crippen LogP contribution in [0.25, 0.3) is 0 Å². The van der Waals surface area contributed by atoms with Crippen LogP contribution < -0.4 is 0 Å². The summed E-state index contributed by atoms with van der Waals surface area (Å²) in [5.41, 5.74) is -0.665. The normalized spacial score (nSPS) is 34.1. The average molecular weight is 200 g/mol. The Bertz CT molecular complexity index is 191. The molecule has 1 rings (SSSR count). The summed E-state index contributed by atoms with van der Waals surface area (Å²) in [5, 5.41) is 0. The van der Waals surface area contributed by atoms with Crippen molar-refractivity contribution in [1.82, 2.24) is 0 Å². The van der Waals surface area contributed by atoms with Gasteiger partial charge in [-0.05, 0) is 40.5 Å². The van der Waals surface area contributed by atoms with Crippen LogP contribution in [0.1, 0.15) is 40.5 Å². The summed E-state index contributed by atoms with van der Waals surface area (Å²) in [6.45, 7) is 7.68. The second-order valence-electron chi connectivity index (χ2n) is 4.69. The van der Waals surface area contributed by atoms with Gasteiger partial charge in [0.15, 0.2) is 6.29 Å². The third-order valence-electron chi connectivity index (χ3n) is 2.41.